The van der Waals surface area contributed by atoms with Gasteiger partial charge in [0.05, 0.1) is 19.8 Å². The van der Waals surface area contributed by atoms with Gasteiger partial charge in [0.15, 0.2) is 5.79 Å². The molecule has 0 aromatic carbocycles. The van der Waals surface area contributed by atoms with Crippen molar-refractivity contribution >= 4 is 11.9 Å². The molecule has 0 aromatic rings. The van der Waals surface area contributed by atoms with E-state index in [1.165, 1.54) is 0 Å². The van der Waals surface area contributed by atoms with E-state index in [0.717, 1.165) is 12.2 Å². The lowest BCUT2D eigenvalue weighted by Gasteiger charge is -2.48. The summed E-state index contributed by atoms with van der Waals surface area (Å²) in [6, 6.07) is 0. The first-order valence-corrected chi connectivity index (χ1v) is 7.65. The molecule has 1 aliphatic heterocycles. The molecule has 0 aliphatic carbocycles. The second-order valence-corrected chi connectivity index (χ2v) is 6.23. The monoisotopic (exact) mass is 362 g/mol. The molecule has 146 valence electrons. The first-order valence-electron chi connectivity index (χ1n) is 7.65. The highest BCUT2D eigenvalue weighted by Crippen LogP contribution is 2.39. The Bertz CT molecular complexity index is 430. The summed E-state index contributed by atoms with van der Waals surface area (Å²) in [5.41, 5.74) is -1.37. The van der Waals surface area contributed by atoms with Gasteiger partial charge < -0.3 is 29.9 Å². The fourth-order valence-corrected chi connectivity index (χ4v) is 1.37. The second kappa shape index (κ2) is 11.0. The Morgan fingerprint density at radius 1 is 1.12 bits per heavy atom. The highest BCUT2D eigenvalue weighted by molar-refractivity contribution is 5.79. The number of hydrogen-bond acceptors (Lipinski definition) is 6. The lowest BCUT2D eigenvalue weighted by molar-refractivity contribution is -0.351. The topological polar surface area (TPSA) is 134 Å². The molecular formula is C17H30O8. The van der Waals surface area contributed by atoms with Crippen LogP contribution in [-0.4, -0.2) is 63.6 Å². The summed E-state index contributed by atoms with van der Waals surface area (Å²) < 4.78 is 11.2. The molecule has 1 rings (SSSR count). The van der Waals surface area contributed by atoms with Crippen molar-refractivity contribution in [3.8, 4) is 0 Å². The zero-order chi connectivity index (χ0) is 20.3. The summed E-state index contributed by atoms with van der Waals surface area (Å²) in [4.78, 5) is 18.5. The standard InChI is InChI=1S/C11H22O4.2C3H4O2/c1-5-11(13)7-14-10(4,15-8-11)9(2,3)6-12;2*1-2-3(4)5/h12-13H,5-8H2,1-4H3;2*2H,1H2,(H,4,5). The number of carbonyl (C=O) groups is 2. The predicted molar refractivity (Wildman–Crippen MR) is 92.1 cm³/mol. The van der Waals surface area contributed by atoms with Crippen LogP contribution in [0, 0.1) is 5.41 Å². The summed E-state index contributed by atoms with van der Waals surface area (Å²) in [6.07, 6.45) is 2.27. The Morgan fingerprint density at radius 3 is 1.64 bits per heavy atom. The van der Waals surface area contributed by atoms with E-state index in [-0.39, 0.29) is 19.8 Å². The smallest absolute Gasteiger partial charge is 0.327 e. The summed E-state index contributed by atoms with van der Waals surface area (Å²) in [6.45, 7) is 13.9. The number of carboxylic acid groups (broad SMARTS) is 2. The van der Waals surface area contributed by atoms with Gasteiger partial charge in [-0.2, -0.15) is 0 Å². The molecule has 25 heavy (non-hydrogen) atoms. The van der Waals surface area contributed by atoms with Crippen LogP contribution in [0.4, 0.5) is 0 Å². The van der Waals surface area contributed by atoms with Crippen molar-refractivity contribution in [2.24, 2.45) is 5.41 Å². The number of carboxylic acids is 2. The average molecular weight is 362 g/mol. The van der Waals surface area contributed by atoms with E-state index >= 15 is 0 Å². The van der Waals surface area contributed by atoms with Crippen LogP contribution >= 0.6 is 0 Å². The molecule has 1 heterocycles. The van der Waals surface area contributed by atoms with Gasteiger partial charge in [-0.05, 0) is 13.3 Å². The molecule has 0 unspecified atom stereocenters. The van der Waals surface area contributed by atoms with Gasteiger partial charge in [0.1, 0.15) is 5.60 Å². The number of ether oxygens (including phenoxy) is 2. The van der Waals surface area contributed by atoms with Crippen LogP contribution < -0.4 is 0 Å². The average Bonchev–Trinajstić information content (AvgIpc) is 2.58. The molecular weight excluding hydrogens is 332 g/mol. The van der Waals surface area contributed by atoms with Crippen molar-refractivity contribution in [3.05, 3.63) is 25.3 Å². The van der Waals surface area contributed by atoms with E-state index in [1.807, 2.05) is 20.8 Å². The van der Waals surface area contributed by atoms with Gasteiger partial charge in [0.25, 0.3) is 0 Å². The maximum atomic E-state index is 9.94. The van der Waals surface area contributed by atoms with Crippen LogP contribution in [0.1, 0.15) is 34.1 Å². The Morgan fingerprint density at radius 2 is 1.44 bits per heavy atom. The Kier molecular flexibility index (Phi) is 11.2. The van der Waals surface area contributed by atoms with Gasteiger partial charge in [-0.15, -0.1) is 0 Å². The number of aliphatic carboxylic acids is 2. The second-order valence-electron chi connectivity index (χ2n) is 6.23. The summed E-state index contributed by atoms with van der Waals surface area (Å²) in [5, 5.41) is 34.4. The van der Waals surface area contributed by atoms with E-state index in [0.29, 0.717) is 6.42 Å². The number of aliphatic hydroxyl groups is 2. The van der Waals surface area contributed by atoms with E-state index in [2.05, 4.69) is 13.2 Å². The van der Waals surface area contributed by atoms with Crippen LogP contribution in [0.25, 0.3) is 0 Å². The molecule has 0 spiro atoms. The van der Waals surface area contributed by atoms with Crippen molar-refractivity contribution in [1.82, 2.24) is 0 Å². The molecule has 0 amide bonds. The zero-order valence-electron chi connectivity index (χ0n) is 15.3. The van der Waals surface area contributed by atoms with Crippen molar-refractivity contribution in [2.45, 2.75) is 45.5 Å². The number of rotatable bonds is 5. The lowest BCUT2D eigenvalue weighted by Crippen LogP contribution is -2.58. The highest BCUT2D eigenvalue weighted by Gasteiger charge is 2.49. The van der Waals surface area contributed by atoms with E-state index in [4.69, 9.17) is 19.7 Å². The maximum absolute atomic E-state index is 9.94. The first-order chi connectivity index (χ1) is 11.3. The normalized spacial score (nSPS) is 25.4. The molecule has 8 nitrogen and oxygen atoms in total. The van der Waals surface area contributed by atoms with Crippen LogP contribution in [-0.2, 0) is 19.1 Å². The minimum atomic E-state index is -0.981. The highest BCUT2D eigenvalue weighted by atomic mass is 16.7. The lowest BCUT2D eigenvalue weighted by atomic mass is 9.83. The molecule has 0 aromatic heterocycles. The largest absolute Gasteiger partial charge is 0.478 e. The van der Waals surface area contributed by atoms with Crippen molar-refractivity contribution in [3.63, 3.8) is 0 Å². The molecule has 1 fully saturated rings. The molecule has 1 aliphatic rings. The van der Waals surface area contributed by atoms with Crippen LogP contribution in [0.3, 0.4) is 0 Å². The third-order valence-electron chi connectivity index (χ3n) is 3.86. The minimum absolute atomic E-state index is 0.0198. The maximum Gasteiger partial charge on any atom is 0.327 e. The van der Waals surface area contributed by atoms with E-state index in [1.54, 1.807) is 6.92 Å². The third kappa shape index (κ3) is 9.35. The quantitative estimate of drug-likeness (QED) is 0.540. The van der Waals surface area contributed by atoms with Crippen LogP contribution in [0.15, 0.2) is 25.3 Å². The molecule has 4 N–H and O–H groups in total. The summed E-state index contributed by atoms with van der Waals surface area (Å²) in [7, 11) is 0. The minimum Gasteiger partial charge on any atom is -0.478 e. The molecule has 1 saturated heterocycles. The van der Waals surface area contributed by atoms with Crippen molar-refractivity contribution in [2.75, 3.05) is 19.8 Å². The number of aliphatic hydroxyl groups excluding tert-OH is 1. The zero-order valence-corrected chi connectivity index (χ0v) is 15.3. The van der Waals surface area contributed by atoms with E-state index < -0.39 is 28.7 Å². The molecule has 0 bridgehead atoms. The van der Waals surface area contributed by atoms with Gasteiger partial charge in [0.2, 0.25) is 0 Å². The molecule has 0 radical (unpaired) electrons. The summed E-state index contributed by atoms with van der Waals surface area (Å²) >= 11 is 0. The van der Waals surface area contributed by atoms with Gasteiger partial charge in [-0.1, -0.05) is 33.9 Å². The molecule has 0 atom stereocenters. The van der Waals surface area contributed by atoms with Crippen molar-refractivity contribution < 1.29 is 39.5 Å². The van der Waals surface area contributed by atoms with Crippen LogP contribution in [0.2, 0.25) is 0 Å². The fourth-order valence-electron chi connectivity index (χ4n) is 1.37. The summed E-state index contributed by atoms with van der Waals surface area (Å²) in [5.74, 6) is -2.79. The van der Waals surface area contributed by atoms with Gasteiger partial charge in [-0.25, -0.2) is 9.59 Å². The fraction of sp³-hybridized carbons (Fsp3) is 0.647. The Labute approximate surface area is 148 Å². The van der Waals surface area contributed by atoms with Crippen LogP contribution in [0.5, 0.6) is 0 Å². The Balaban J connectivity index is 0. The first kappa shape index (κ1) is 25.5. The SMILES string of the molecule is C=CC(=O)O.C=CC(=O)O.CCC1(O)COC(C)(C(C)(C)CO)OC1. The van der Waals surface area contributed by atoms with Gasteiger partial charge in [-0.3, -0.25) is 0 Å². The Hall–Kier alpha value is -1.74. The van der Waals surface area contributed by atoms with E-state index in [9.17, 15) is 19.8 Å². The predicted octanol–water partition coefficient (Wildman–Crippen LogP) is 1.42. The van der Waals surface area contributed by atoms with Gasteiger partial charge in [0, 0.05) is 17.6 Å². The molecule has 0 saturated carbocycles. The van der Waals surface area contributed by atoms with Gasteiger partial charge >= 0.3 is 11.9 Å². The molecule has 8 heteroatoms. The number of hydrogen-bond donors (Lipinski definition) is 4. The van der Waals surface area contributed by atoms with Crippen molar-refractivity contribution in [1.29, 1.82) is 0 Å². The third-order valence-corrected chi connectivity index (χ3v) is 3.86.